The maximum Gasteiger partial charge on any atom is 0.267 e. The zero-order chi connectivity index (χ0) is 25.8. The number of pyridine rings is 2. The molecule has 0 aliphatic rings. The third-order valence-corrected chi connectivity index (χ3v) is 4.74. The normalized spacial score (nSPS) is 10.5. The number of benzene rings is 2. The Labute approximate surface area is 203 Å². The molecule has 2 aromatic heterocycles. The monoisotopic (exact) mass is 489 g/mol. The van der Waals surface area contributed by atoms with Crippen molar-refractivity contribution in [2.24, 2.45) is 5.73 Å². The van der Waals surface area contributed by atoms with E-state index in [1.807, 2.05) is 0 Å². The van der Waals surface area contributed by atoms with Crippen molar-refractivity contribution in [2.75, 3.05) is 10.6 Å². The summed E-state index contributed by atoms with van der Waals surface area (Å²) < 4.78 is 47.3. The van der Waals surface area contributed by atoms with Crippen LogP contribution in [-0.4, -0.2) is 29.6 Å². The van der Waals surface area contributed by atoms with E-state index >= 15 is 0 Å². The minimum Gasteiger partial charge on any atom is -0.454 e. The van der Waals surface area contributed by atoms with Gasteiger partial charge in [-0.05, 0) is 30.3 Å². The number of primary amides is 1. The fourth-order valence-electron chi connectivity index (χ4n) is 3.07. The topological polar surface area (TPSA) is 119 Å². The predicted molar refractivity (Wildman–Crippen MR) is 126 cm³/mol. The van der Waals surface area contributed by atoms with E-state index in [0.29, 0.717) is 6.07 Å². The van der Waals surface area contributed by atoms with Gasteiger partial charge in [0.05, 0.1) is 11.3 Å². The summed E-state index contributed by atoms with van der Waals surface area (Å²) in [6.45, 7) is 0. The first-order valence-electron chi connectivity index (χ1n) is 10.2. The van der Waals surface area contributed by atoms with Gasteiger partial charge in [-0.15, -0.1) is 0 Å². The highest BCUT2D eigenvalue weighted by atomic mass is 19.1. The Kier molecular flexibility index (Phi) is 6.86. The Hall–Kier alpha value is -4.87. The van der Waals surface area contributed by atoms with E-state index in [9.17, 15) is 22.8 Å². The maximum absolute atomic E-state index is 14.7. The number of carbonyl (C=O) groups excluding carboxylic acids is 2. The summed E-state index contributed by atoms with van der Waals surface area (Å²) in [7, 11) is 5.74. The summed E-state index contributed by atoms with van der Waals surface area (Å²) in [6, 6.07) is 10.5. The van der Waals surface area contributed by atoms with Gasteiger partial charge < -0.3 is 21.1 Å². The van der Waals surface area contributed by atoms with E-state index in [1.54, 1.807) is 0 Å². The number of nitrogens with one attached hydrogen (secondary N) is 2. The standard InChI is InChI=1S/C24H15BF3N5O3/c25-12-7-16(24(35)33-19-3-1-13(26)8-17(19)27)23(31-11-12)32-14-2-4-21(18(28)9-14)36-15-5-6-30-20(10-15)22(29)34/h1-11H,(H2,29,34)(H,31,32)(H,33,35). The minimum atomic E-state index is -0.968. The summed E-state index contributed by atoms with van der Waals surface area (Å²) >= 11 is 0. The van der Waals surface area contributed by atoms with Crippen LogP contribution in [0.4, 0.5) is 30.4 Å². The van der Waals surface area contributed by atoms with E-state index in [4.69, 9.17) is 18.3 Å². The molecule has 0 atom stereocenters. The summed E-state index contributed by atoms with van der Waals surface area (Å²) in [5.41, 5.74) is 5.16. The van der Waals surface area contributed by atoms with E-state index in [1.165, 1.54) is 42.7 Å². The molecule has 178 valence electrons. The van der Waals surface area contributed by atoms with Gasteiger partial charge in [0.2, 0.25) is 0 Å². The predicted octanol–water partition coefficient (Wildman–Crippen LogP) is 3.57. The van der Waals surface area contributed by atoms with Gasteiger partial charge in [-0.1, -0.05) is 11.5 Å². The first-order valence-corrected chi connectivity index (χ1v) is 10.2. The Morgan fingerprint density at radius 3 is 2.47 bits per heavy atom. The van der Waals surface area contributed by atoms with Crippen molar-refractivity contribution in [2.45, 2.75) is 0 Å². The van der Waals surface area contributed by atoms with Crippen LogP contribution in [0.15, 0.2) is 67.0 Å². The van der Waals surface area contributed by atoms with Crippen molar-refractivity contribution in [1.29, 1.82) is 0 Å². The molecule has 36 heavy (non-hydrogen) atoms. The maximum atomic E-state index is 14.7. The average Bonchev–Trinajstić information content (AvgIpc) is 2.84. The molecule has 8 nitrogen and oxygen atoms in total. The zero-order valence-electron chi connectivity index (χ0n) is 18.3. The van der Waals surface area contributed by atoms with Crippen LogP contribution in [0, 0.1) is 17.5 Å². The summed E-state index contributed by atoms with van der Waals surface area (Å²) in [5, 5.41) is 5.12. The number of amides is 2. The first kappa shape index (κ1) is 24.3. The summed E-state index contributed by atoms with van der Waals surface area (Å²) in [6.07, 6.45) is 2.56. The summed E-state index contributed by atoms with van der Waals surface area (Å²) in [4.78, 5) is 31.9. The Bertz CT molecular complexity index is 1490. The van der Waals surface area contributed by atoms with Gasteiger partial charge >= 0.3 is 0 Å². The van der Waals surface area contributed by atoms with Crippen LogP contribution in [0.5, 0.6) is 11.5 Å². The molecular formula is C24H15BF3N5O3. The van der Waals surface area contributed by atoms with Crippen molar-refractivity contribution < 1.29 is 27.5 Å². The number of anilines is 3. The number of hydrogen-bond donors (Lipinski definition) is 3. The molecule has 0 aliphatic heterocycles. The number of halogens is 3. The molecule has 0 fully saturated rings. The highest BCUT2D eigenvalue weighted by molar-refractivity contribution is 6.32. The number of aromatic nitrogens is 2. The van der Waals surface area contributed by atoms with Gasteiger partial charge in [-0.3, -0.25) is 14.6 Å². The van der Waals surface area contributed by atoms with Crippen LogP contribution >= 0.6 is 0 Å². The second-order valence-corrected chi connectivity index (χ2v) is 7.36. The van der Waals surface area contributed by atoms with Crippen LogP contribution in [0.25, 0.3) is 0 Å². The highest BCUT2D eigenvalue weighted by Gasteiger charge is 2.17. The molecule has 4 rings (SSSR count). The second-order valence-electron chi connectivity index (χ2n) is 7.36. The lowest BCUT2D eigenvalue weighted by Crippen LogP contribution is -2.19. The largest absolute Gasteiger partial charge is 0.454 e. The molecule has 2 heterocycles. The molecule has 0 saturated carbocycles. The fourth-order valence-corrected chi connectivity index (χ4v) is 3.07. The van der Waals surface area contributed by atoms with Crippen molar-refractivity contribution in [3.8, 4) is 11.5 Å². The van der Waals surface area contributed by atoms with Crippen molar-refractivity contribution in [3.63, 3.8) is 0 Å². The third-order valence-electron chi connectivity index (χ3n) is 4.74. The number of nitrogens with zero attached hydrogens (tertiary/aromatic N) is 2. The van der Waals surface area contributed by atoms with Crippen LogP contribution < -0.4 is 26.6 Å². The second kappa shape index (κ2) is 10.2. The number of rotatable bonds is 7. The van der Waals surface area contributed by atoms with Crippen molar-refractivity contribution in [3.05, 3.63) is 95.7 Å². The van der Waals surface area contributed by atoms with Gasteiger partial charge in [-0.2, -0.15) is 0 Å². The highest BCUT2D eigenvalue weighted by Crippen LogP contribution is 2.28. The Morgan fingerprint density at radius 1 is 0.944 bits per heavy atom. The van der Waals surface area contributed by atoms with Crippen LogP contribution in [0.2, 0.25) is 0 Å². The zero-order valence-corrected chi connectivity index (χ0v) is 18.3. The third kappa shape index (κ3) is 5.61. The van der Waals surface area contributed by atoms with Gasteiger partial charge in [0.25, 0.3) is 11.8 Å². The molecule has 0 aliphatic carbocycles. The van der Waals surface area contributed by atoms with E-state index in [-0.39, 0.29) is 45.4 Å². The number of nitrogens with two attached hydrogens (primary N) is 1. The van der Waals surface area contributed by atoms with Gasteiger partial charge in [0, 0.05) is 36.3 Å². The van der Waals surface area contributed by atoms with E-state index in [0.717, 1.165) is 18.2 Å². The Balaban J connectivity index is 1.55. The van der Waals surface area contributed by atoms with Gasteiger partial charge in [-0.25, -0.2) is 18.2 Å². The molecule has 0 bridgehead atoms. The molecular weight excluding hydrogens is 474 g/mol. The lowest BCUT2D eigenvalue weighted by molar-refractivity contribution is 0.0993. The van der Waals surface area contributed by atoms with E-state index in [2.05, 4.69) is 20.6 Å². The van der Waals surface area contributed by atoms with Gasteiger partial charge in [0.15, 0.2) is 11.6 Å². The molecule has 4 aromatic rings. The minimum absolute atomic E-state index is 0.00229. The molecule has 2 radical (unpaired) electrons. The number of carbonyl (C=O) groups is 2. The number of hydrogen-bond acceptors (Lipinski definition) is 6. The van der Waals surface area contributed by atoms with Crippen molar-refractivity contribution >= 4 is 42.3 Å². The van der Waals surface area contributed by atoms with Gasteiger partial charge in [0.1, 0.15) is 36.7 Å². The first-order chi connectivity index (χ1) is 17.2. The Morgan fingerprint density at radius 2 is 1.75 bits per heavy atom. The molecule has 2 amide bonds. The molecule has 4 N–H and O–H groups in total. The molecule has 12 heteroatoms. The smallest absolute Gasteiger partial charge is 0.267 e. The van der Waals surface area contributed by atoms with Crippen LogP contribution in [0.3, 0.4) is 0 Å². The fraction of sp³-hybridized carbons (Fsp3) is 0. The molecule has 0 saturated heterocycles. The summed E-state index contributed by atoms with van der Waals surface area (Å²) in [5.74, 6) is -4.10. The molecule has 0 unspecified atom stereocenters. The molecule has 0 spiro atoms. The SMILES string of the molecule is [B]c1cnc(Nc2ccc(Oc3ccnc(C(N)=O)c3)c(F)c2)c(C(=O)Nc2ccc(F)cc2F)c1. The quantitative estimate of drug-likeness (QED) is 0.342. The van der Waals surface area contributed by atoms with Crippen molar-refractivity contribution in [1.82, 2.24) is 9.97 Å². The average molecular weight is 489 g/mol. The van der Waals surface area contributed by atoms with E-state index < -0.39 is 29.3 Å². The molecule has 2 aromatic carbocycles. The lowest BCUT2D eigenvalue weighted by Gasteiger charge is -2.14. The van der Waals surface area contributed by atoms with Crippen LogP contribution in [-0.2, 0) is 0 Å². The lowest BCUT2D eigenvalue weighted by atomic mass is 9.96. The number of ether oxygens (including phenoxy) is 1. The van der Waals surface area contributed by atoms with Crippen LogP contribution in [0.1, 0.15) is 20.8 Å².